The van der Waals surface area contributed by atoms with Gasteiger partial charge in [-0.3, -0.25) is 4.99 Å². The summed E-state index contributed by atoms with van der Waals surface area (Å²) in [6, 6.07) is 0.164. The third-order valence-corrected chi connectivity index (χ3v) is 4.33. The number of hydrogen-bond donors (Lipinski definition) is 1. The van der Waals surface area contributed by atoms with E-state index in [4.69, 9.17) is 4.74 Å². The third kappa shape index (κ3) is 12.2. The first kappa shape index (κ1) is 22.0. The number of ether oxygens (including phenoxy) is 1. The normalized spacial score (nSPS) is 15.0. The Kier molecular flexibility index (Phi) is 12.9. The summed E-state index contributed by atoms with van der Waals surface area (Å²) in [5, 5.41) is 2.96. The Hall–Kier alpha value is -0.970. The van der Waals surface area contributed by atoms with Crippen LogP contribution in [0.2, 0.25) is 0 Å². The molecule has 0 aromatic heterocycles. The SMILES string of the molecule is CCCC(C=N/C=C(/C)SC)CCC(CC)NC(=O)OC(C)C. The van der Waals surface area contributed by atoms with E-state index in [1.165, 1.54) is 4.91 Å². The number of thioether (sulfide) groups is 1. The molecule has 0 radical (unpaired) electrons. The number of hydrogen-bond acceptors (Lipinski definition) is 4. The van der Waals surface area contributed by atoms with Gasteiger partial charge in [-0.25, -0.2) is 4.79 Å². The zero-order chi connectivity index (χ0) is 17.7. The van der Waals surface area contributed by atoms with Crippen molar-refractivity contribution >= 4 is 24.1 Å². The monoisotopic (exact) mass is 342 g/mol. The molecule has 0 fully saturated rings. The molecule has 23 heavy (non-hydrogen) atoms. The number of alkyl carbamates (subject to hydrolysis) is 1. The number of aliphatic imine (C=N–C) groups is 1. The van der Waals surface area contributed by atoms with Crippen molar-refractivity contribution in [3.8, 4) is 0 Å². The van der Waals surface area contributed by atoms with Gasteiger partial charge < -0.3 is 10.1 Å². The van der Waals surface area contributed by atoms with Gasteiger partial charge in [-0.2, -0.15) is 0 Å². The molecule has 0 aliphatic heterocycles. The van der Waals surface area contributed by atoms with Crippen molar-refractivity contribution in [1.29, 1.82) is 0 Å². The van der Waals surface area contributed by atoms with Gasteiger partial charge in [0.2, 0.25) is 0 Å². The van der Waals surface area contributed by atoms with E-state index in [9.17, 15) is 4.79 Å². The van der Waals surface area contributed by atoms with E-state index in [-0.39, 0.29) is 18.2 Å². The molecule has 5 heteroatoms. The van der Waals surface area contributed by atoms with Crippen LogP contribution in [0.15, 0.2) is 16.1 Å². The zero-order valence-electron chi connectivity index (χ0n) is 15.6. The highest BCUT2D eigenvalue weighted by molar-refractivity contribution is 8.02. The molecule has 0 aromatic carbocycles. The van der Waals surface area contributed by atoms with Gasteiger partial charge in [-0.1, -0.05) is 20.3 Å². The number of amides is 1. The molecule has 0 aliphatic rings. The lowest BCUT2D eigenvalue weighted by atomic mass is 9.96. The Balaban J connectivity index is 4.43. The fourth-order valence-electron chi connectivity index (χ4n) is 2.19. The van der Waals surface area contributed by atoms with E-state index in [2.05, 4.69) is 43.6 Å². The van der Waals surface area contributed by atoms with Gasteiger partial charge in [0.15, 0.2) is 0 Å². The average Bonchev–Trinajstić information content (AvgIpc) is 2.49. The molecule has 4 nitrogen and oxygen atoms in total. The van der Waals surface area contributed by atoms with Crippen molar-refractivity contribution < 1.29 is 9.53 Å². The summed E-state index contributed by atoms with van der Waals surface area (Å²) in [6.45, 7) is 10.1. The summed E-state index contributed by atoms with van der Waals surface area (Å²) in [4.78, 5) is 17.4. The van der Waals surface area contributed by atoms with Crippen molar-refractivity contribution in [2.75, 3.05) is 6.26 Å². The van der Waals surface area contributed by atoms with Gasteiger partial charge in [0, 0.05) is 18.5 Å². The summed E-state index contributed by atoms with van der Waals surface area (Å²) < 4.78 is 5.15. The van der Waals surface area contributed by atoms with Gasteiger partial charge in [-0.15, -0.1) is 11.8 Å². The number of allylic oxidation sites excluding steroid dienone is 1. The molecule has 1 N–H and O–H groups in total. The largest absolute Gasteiger partial charge is 0.447 e. The van der Waals surface area contributed by atoms with E-state index >= 15 is 0 Å². The number of nitrogens with zero attached hydrogens (tertiary/aromatic N) is 1. The van der Waals surface area contributed by atoms with E-state index in [1.807, 2.05) is 20.0 Å². The second kappa shape index (κ2) is 13.5. The van der Waals surface area contributed by atoms with Gasteiger partial charge in [0.1, 0.15) is 0 Å². The average molecular weight is 343 g/mol. The maximum Gasteiger partial charge on any atom is 0.407 e. The van der Waals surface area contributed by atoms with E-state index in [1.54, 1.807) is 11.8 Å². The van der Waals surface area contributed by atoms with Crippen LogP contribution in [0.5, 0.6) is 0 Å². The molecule has 0 rings (SSSR count). The van der Waals surface area contributed by atoms with E-state index in [0.717, 1.165) is 32.1 Å². The topological polar surface area (TPSA) is 50.7 Å². The standard InChI is InChI=1S/C18H34N2O2S/c1-7-9-16(13-19-12-15(5)23-6)10-11-17(8-2)20-18(21)22-14(3)4/h12-14,16-17H,7-11H2,1-6H3,(H,20,21)/b15-12-,19-13?. The number of nitrogens with one attached hydrogen (secondary N) is 1. The summed E-state index contributed by atoms with van der Waals surface area (Å²) in [7, 11) is 0. The Bertz CT molecular complexity index is 381. The third-order valence-electron chi connectivity index (χ3n) is 3.58. The van der Waals surface area contributed by atoms with Crippen molar-refractivity contribution in [1.82, 2.24) is 5.32 Å². The Morgan fingerprint density at radius 1 is 1.26 bits per heavy atom. The number of carbonyl (C=O) groups is 1. The minimum Gasteiger partial charge on any atom is -0.447 e. The van der Waals surface area contributed by atoms with Crippen LogP contribution in [0, 0.1) is 5.92 Å². The van der Waals surface area contributed by atoms with E-state index in [0.29, 0.717) is 5.92 Å². The van der Waals surface area contributed by atoms with Crippen molar-refractivity contribution in [2.24, 2.45) is 10.9 Å². The molecule has 1 amide bonds. The molecule has 0 spiro atoms. The molecule has 0 aromatic rings. The Morgan fingerprint density at radius 2 is 1.96 bits per heavy atom. The van der Waals surface area contributed by atoms with Crippen LogP contribution >= 0.6 is 11.8 Å². The Morgan fingerprint density at radius 3 is 2.48 bits per heavy atom. The first-order valence-electron chi connectivity index (χ1n) is 8.64. The number of rotatable bonds is 11. The lowest BCUT2D eigenvalue weighted by Gasteiger charge is -2.20. The lowest BCUT2D eigenvalue weighted by Crippen LogP contribution is -2.36. The van der Waals surface area contributed by atoms with Crippen LogP contribution in [-0.2, 0) is 4.74 Å². The molecule has 0 saturated heterocycles. The first-order valence-corrected chi connectivity index (χ1v) is 9.86. The summed E-state index contributed by atoms with van der Waals surface area (Å²) in [5.41, 5.74) is 0. The molecule has 0 saturated carbocycles. The van der Waals surface area contributed by atoms with Crippen LogP contribution in [-0.4, -0.2) is 30.7 Å². The highest BCUT2D eigenvalue weighted by Gasteiger charge is 2.14. The first-order chi connectivity index (χ1) is 10.9. The minimum atomic E-state index is -0.314. The van der Waals surface area contributed by atoms with Gasteiger partial charge in [0.25, 0.3) is 0 Å². The molecule has 0 aliphatic carbocycles. The highest BCUT2D eigenvalue weighted by atomic mass is 32.2. The maximum absolute atomic E-state index is 11.7. The summed E-state index contributed by atoms with van der Waals surface area (Å²) >= 11 is 1.71. The van der Waals surface area contributed by atoms with Gasteiger partial charge in [-0.05, 0) is 63.5 Å². The van der Waals surface area contributed by atoms with Crippen LogP contribution in [0.25, 0.3) is 0 Å². The molecular formula is C18H34N2O2S. The molecular weight excluding hydrogens is 308 g/mol. The van der Waals surface area contributed by atoms with Crippen molar-refractivity contribution in [2.45, 2.75) is 78.9 Å². The van der Waals surface area contributed by atoms with Crippen molar-refractivity contribution in [3.05, 3.63) is 11.1 Å². The van der Waals surface area contributed by atoms with Crippen LogP contribution < -0.4 is 5.32 Å². The van der Waals surface area contributed by atoms with Crippen LogP contribution in [0.3, 0.4) is 0 Å². The van der Waals surface area contributed by atoms with Gasteiger partial charge >= 0.3 is 6.09 Å². The van der Waals surface area contributed by atoms with Crippen LogP contribution in [0.4, 0.5) is 4.79 Å². The minimum absolute atomic E-state index is 0.0843. The maximum atomic E-state index is 11.7. The van der Waals surface area contributed by atoms with E-state index < -0.39 is 0 Å². The highest BCUT2D eigenvalue weighted by Crippen LogP contribution is 2.15. The molecule has 0 heterocycles. The molecule has 0 bridgehead atoms. The van der Waals surface area contributed by atoms with Crippen molar-refractivity contribution in [3.63, 3.8) is 0 Å². The fourth-order valence-corrected chi connectivity index (χ4v) is 2.36. The summed E-state index contributed by atoms with van der Waals surface area (Å²) in [5.74, 6) is 0.461. The molecule has 2 unspecified atom stereocenters. The quantitative estimate of drug-likeness (QED) is 0.512. The fraction of sp³-hybridized carbons (Fsp3) is 0.778. The van der Waals surface area contributed by atoms with Crippen LogP contribution in [0.1, 0.15) is 66.7 Å². The predicted molar refractivity (Wildman–Crippen MR) is 102 cm³/mol. The van der Waals surface area contributed by atoms with Gasteiger partial charge in [0.05, 0.1) is 6.10 Å². The second-order valence-electron chi connectivity index (χ2n) is 6.07. The number of carbonyl (C=O) groups excluding carboxylic acids is 1. The summed E-state index contributed by atoms with van der Waals surface area (Å²) in [6.07, 6.45) is 10.8. The smallest absolute Gasteiger partial charge is 0.407 e. The Labute approximate surface area is 146 Å². The molecule has 134 valence electrons. The predicted octanol–water partition coefficient (Wildman–Crippen LogP) is 5.39. The lowest BCUT2D eigenvalue weighted by molar-refractivity contribution is 0.111. The zero-order valence-corrected chi connectivity index (χ0v) is 16.4. The second-order valence-corrected chi connectivity index (χ2v) is 7.12. The molecule has 2 atom stereocenters.